The van der Waals surface area contributed by atoms with E-state index in [0.29, 0.717) is 0 Å². The molecule has 0 aromatic heterocycles. The molecule has 2 aliphatic carbocycles. The fraction of sp³-hybridized carbons (Fsp3) is 1.00. The highest BCUT2D eigenvalue weighted by Gasteiger charge is 2.35. The van der Waals surface area contributed by atoms with Gasteiger partial charge in [-0.3, -0.25) is 0 Å². The van der Waals surface area contributed by atoms with Gasteiger partial charge in [0, 0.05) is 6.04 Å². The summed E-state index contributed by atoms with van der Waals surface area (Å²) in [6.07, 6.45) is 7.43. The van der Waals surface area contributed by atoms with Gasteiger partial charge in [-0.05, 0) is 51.0 Å². The number of rotatable bonds is 1. The van der Waals surface area contributed by atoms with Crippen molar-refractivity contribution in [3.8, 4) is 0 Å². The molecule has 0 aromatic rings. The molecule has 2 aliphatic rings. The van der Waals surface area contributed by atoms with Crippen LogP contribution in [0.15, 0.2) is 0 Å². The molecule has 0 amide bonds. The van der Waals surface area contributed by atoms with Crippen LogP contribution >= 0.6 is 0 Å². The topological polar surface area (TPSA) is 12.0 Å². The summed E-state index contributed by atoms with van der Waals surface area (Å²) >= 11 is 0. The molecule has 3 unspecified atom stereocenters. The predicted molar refractivity (Wildman–Crippen MR) is 42.9 cm³/mol. The van der Waals surface area contributed by atoms with Gasteiger partial charge in [-0.25, -0.2) is 0 Å². The van der Waals surface area contributed by atoms with Crippen LogP contribution in [0.3, 0.4) is 0 Å². The molecule has 0 saturated heterocycles. The summed E-state index contributed by atoms with van der Waals surface area (Å²) in [6.45, 7) is 0. The van der Waals surface area contributed by atoms with E-state index in [1.165, 1.54) is 32.1 Å². The summed E-state index contributed by atoms with van der Waals surface area (Å²) < 4.78 is 0. The van der Waals surface area contributed by atoms with Crippen LogP contribution in [0, 0.1) is 11.8 Å². The molecule has 2 saturated carbocycles. The van der Waals surface area contributed by atoms with Gasteiger partial charge in [0.05, 0.1) is 0 Å². The summed E-state index contributed by atoms with van der Waals surface area (Å²) in [6, 6.07) is 0.849. The normalized spacial score (nSPS) is 45.9. The second kappa shape index (κ2) is 2.54. The van der Waals surface area contributed by atoms with Crippen LogP contribution in [0.4, 0.5) is 0 Å². The fourth-order valence-corrected chi connectivity index (χ4v) is 2.49. The Bertz CT molecular complexity index is 120. The molecule has 10 heavy (non-hydrogen) atoms. The summed E-state index contributed by atoms with van der Waals surface area (Å²) in [5.41, 5.74) is 0. The van der Waals surface area contributed by atoms with E-state index in [0.717, 1.165) is 17.9 Å². The maximum absolute atomic E-state index is 3.39. The Morgan fingerprint density at radius 2 is 1.70 bits per heavy atom. The third kappa shape index (κ3) is 0.968. The second-order valence-corrected chi connectivity index (χ2v) is 3.90. The van der Waals surface area contributed by atoms with Crippen molar-refractivity contribution in [3.05, 3.63) is 0 Å². The molecule has 0 aliphatic heterocycles. The SMILES string of the molecule is CNC1CCC2CCC2C1. The molecule has 0 aromatic carbocycles. The molecule has 0 heterocycles. The van der Waals surface area contributed by atoms with Crippen molar-refractivity contribution in [3.63, 3.8) is 0 Å². The molecule has 1 N–H and O–H groups in total. The molecule has 0 spiro atoms. The molecule has 0 bridgehead atoms. The van der Waals surface area contributed by atoms with E-state index in [9.17, 15) is 0 Å². The van der Waals surface area contributed by atoms with Crippen molar-refractivity contribution in [2.24, 2.45) is 11.8 Å². The monoisotopic (exact) mass is 139 g/mol. The van der Waals surface area contributed by atoms with E-state index >= 15 is 0 Å². The predicted octanol–water partition coefficient (Wildman–Crippen LogP) is 1.78. The Hall–Kier alpha value is -0.0400. The fourth-order valence-electron chi connectivity index (χ4n) is 2.49. The highest BCUT2D eigenvalue weighted by atomic mass is 14.9. The van der Waals surface area contributed by atoms with Gasteiger partial charge in [0.1, 0.15) is 0 Å². The van der Waals surface area contributed by atoms with E-state index in [2.05, 4.69) is 12.4 Å². The lowest BCUT2D eigenvalue weighted by atomic mass is 9.64. The smallest absolute Gasteiger partial charge is 0.00669 e. The highest BCUT2D eigenvalue weighted by Crippen LogP contribution is 2.44. The lowest BCUT2D eigenvalue weighted by molar-refractivity contribution is 0.0951. The van der Waals surface area contributed by atoms with Crippen molar-refractivity contribution in [2.75, 3.05) is 7.05 Å². The van der Waals surface area contributed by atoms with Crippen LogP contribution in [0.1, 0.15) is 32.1 Å². The Morgan fingerprint density at radius 3 is 2.20 bits per heavy atom. The molecule has 2 fully saturated rings. The molecule has 2 rings (SSSR count). The number of fused-ring (bicyclic) bond motifs is 1. The van der Waals surface area contributed by atoms with Crippen LogP contribution < -0.4 is 5.32 Å². The van der Waals surface area contributed by atoms with Gasteiger partial charge < -0.3 is 5.32 Å². The zero-order valence-corrected chi connectivity index (χ0v) is 6.77. The Kier molecular flexibility index (Phi) is 1.69. The van der Waals surface area contributed by atoms with Gasteiger partial charge in [-0.1, -0.05) is 0 Å². The highest BCUT2D eigenvalue weighted by molar-refractivity contribution is 4.89. The molecule has 0 radical (unpaired) electrons. The van der Waals surface area contributed by atoms with Crippen LogP contribution in [0.5, 0.6) is 0 Å². The Balaban J connectivity index is 1.86. The van der Waals surface area contributed by atoms with E-state index in [4.69, 9.17) is 0 Å². The first kappa shape index (κ1) is 6.66. The van der Waals surface area contributed by atoms with E-state index in [1.807, 2.05) is 0 Å². The number of nitrogens with one attached hydrogen (secondary N) is 1. The standard InChI is InChI=1S/C9H17N/c1-10-9-5-4-7-2-3-8(7)6-9/h7-10H,2-6H2,1H3. The quantitative estimate of drug-likeness (QED) is 0.584. The largest absolute Gasteiger partial charge is 0.317 e. The van der Waals surface area contributed by atoms with Crippen LogP contribution in [0.25, 0.3) is 0 Å². The summed E-state index contributed by atoms with van der Waals surface area (Å²) in [7, 11) is 2.10. The number of hydrogen-bond acceptors (Lipinski definition) is 1. The molecule has 58 valence electrons. The molecular weight excluding hydrogens is 122 g/mol. The Morgan fingerprint density at radius 1 is 1.00 bits per heavy atom. The Labute approximate surface area is 63.2 Å². The molecular formula is C9H17N. The van der Waals surface area contributed by atoms with Crippen molar-refractivity contribution in [2.45, 2.75) is 38.1 Å². The first-order valence-corrected chi connectivity index (χ1v) is 4.57. The van der Waals surface area contributed by atoms with E-state index in [-0.39, 0.29) is 0 Å². The maximum atomic E-state index is 3.39. The summed E-state index contributed by atoms with van der Waals surface area (Å²) in [4.78, 5) is 0. The number of hydrogen-bond donors (Lipinski definition) is 1. The minimum absolute atomic E-state index is 0.849. The first-order chi connectivity index (χ1) is 4.90. The summed E-state index contributed by atoms with van der Waals surface area (Å²) in [5.74, 6) is 2.23. The van der Waals surface area contributed by atoms with E-state index < -0.39 is 0 Å². The zero-order valence-electron chi connectivity index (χ0n) is 6.77. The van der Waals surface area contributed by atoms with Crippen molar-refractivity contribution in [1.29, 1.82) is 0 Å². The lowest BCUT2D eigenvalue weighted by Crippen LogP contribution is -2.40. The van der Waals surface area contributed by atoms with Gasteiger partial charge in [0.2, 0.25) is 0 Å². The third-order valence-corrected chi connectivity index (χ3v) is 3.46. The summed E-state index contributed by atoms with van der Waals surface area (Å²) in [5, 5.41) is 3.39. The third-order valence-electron chi connectivity index (χ3n) is 3.46. The van der Waals surface area contributed by atoms with Gasteiger partial charge in [0.15, 0.2) is 0 Å². The van der Waals surface area contributed by atoms with E-state index in [1.54, 1.807) is 0 Å². The van der Waals surface area contributed by atoms with Gasteiger partial charge >= 0.3 is 0 Å². The van der Waals surface area contributed by atoms with Gasteiger partial charge in [-0.2, -0.15) is 0 Å². The molecule has 1 nitrogen and oxygen atoms in total. The van der Waals surface area contributed by atoms with Crippen LogP contribution in [0.2, 0.25) is 0 Å². The second-order valence-electron chi connectivity index (χ2n) is 3.90. The minimum atomic E-state index is 0.849. The molecule has 1 heteroatoms. The van der Waals surface area contributed by atoms with Crippen molar-refractivity contribution < 1.29 is 0 Å². The first-order valence-electron chi connectivity index (χ1n) is 4.57. The van der Waals surface area contributed by atoms with Gasteiger partial charge in [0.25, 0.3) is 0 Å². The van der Waals surface area contributed by atoms with Crippen molar-refractivity contribution >= 4 is 0 Å². The lowest BCUT2D eigenvalue weighted by Gasteiger charge is -2.43. The minimum Gasteiger partial charge on any atom is -0.317 e. The average molecular weight is 139 g/mol. The van der Waals surface area contributed by atoms with Crippen LogP contribution in [-0.4, -0.2) is 13.1 Å². The van der Waals surface area contributed by atoms with Crippen LogP contribution in [-0.2, 0) is 0 Å². The van der Waals surface area contributed by atoms with Crippen molar-refractivity contribution in [1.82, 2.24) is 5.32 Å². The van der Waals surface area contributed by atoms with Gasteiger partial charge in [-0.15, -0.1) is 0 Å². The maximum Gasteiger partial charge on any atom is 0.00669 e. The average Bonchev–Trinajstić information content (AvgIpc) is 1.92. The zero-order chi connectivity index (χ0) is 6.97. The molecule has 3 atom stereocenters.